The van der Waals surface area contributed by atoms with Crippen LogP contribution in [0.15, 0.2) is 42.5 Å². The summed E-state index contributed by atoms with van der Waals surface area (Å²) in [6, 6.07) is 12.2. The van der Waals surface area contributed by atoms with Crippen molar-refractivity contribution in [2.75, 3.05) is 11.9 Å². The Morgan fingerprint density at radius 1 is 1.12 bits per heavy atom. The lowest BCUT2D eigenvalue weighted by Gasteiger charge is -2.06. The van der Waals surface area contributed by atoms with Crippen LogP contribution in [0, 0.1) is 5.82 Å². The molecule has 0 saturated carbocycles. The zero-order valence-corrected chi connectivity index (χ0v) is 9.07. The van der Waals surface area contributed by atoms with E-state index in [1.807, 2.05) is 19.1 Å². The lowest BCUT2D eigenvalue weighted by molar-refractivity contribution is 0.631. The van der Waals surface area contributed by atoms with E-state index in [0.717, 1.165) is 12.4 Å². The number of pyridine rings is 1. The Bertz CT molecular complexity index is 483. The molecule has 0 amide bonds. The normalized spacial score (nSPS) is 10.1. The second kappa shape index (κ2) is 4.75. The van der Waals surface area contributed by atoms with Crippen molar-refractivity contribution in [1.82, 2.24) is 4.98 Å². The molecule has 0 spiro atoms. The highest BCUT2D eigenvalue weighted by Gasteiger charge is 2.05. The molecule has 0 radical (unpaired) electrons. The summed E-state index contributed by atoms with van der Waals surface area (Å²) in [4.78, 5) is 4.34. The van der Waals surface area contributed by atoms with Gasteiger partial charge in [-0.25, -0.2) is 9.37 Å². The molecular formula is C13H13FN2. The quantitative estimate of drug-likeness (QED) is 0.851. The summed E-state index contributed by atoms with van der Waals surface area (Å²) < 4.78 is 13.5. The van der Waals surface area contributed by atoms with Gasteiger partial charge in [0.15, 0.2) is 0 Å². The summed E-state index contributed by atoms with van der Waals surface area (Å²) in [6.07, 6.45) is 0. The maximum Gasteiger partial charge on any atom is 0.132 e. The van der Waals surface area contributed by atoms with Gasteiger partial charge < -0.3 is 5.32 Å². The molecule has 1 heterocycles. The number of hydrogen-bond acceptors (Lipinski definition) is 2. The van der Waals surface area contributed by atoms with Crippen molar-refractivity contribution < 1.29 is 4.39 Å². The van der Waals surface area contributed by atoms with Crippen molar-refractivity contribution in [2.24, 2.45) is 0 Å². The fraction of sp³-hybridized carbons (Fsp3) is 0.154. The smallest absolute Gasteiger partial charge is 0.132 e. The van der Waals surface area contributed by atoms with Crippen LogP contribution in [0.5, 0.6) is 0 Å². The molecule has 1 aromatic carbocycles. The lowest BCUT2D eigenvalue weighted by atomic mass is 10.1. The molecule has 0 saturated heterocycles. The molecule has 0 bridgehead atoms. The summed E-state index contributed by atoms with van der Waals surface area (Å²) >= 11 is 0. The third-order valence-electron chi connectivity index (χ3n) is 2.26. The van der Waals surface area contributed by atoms with Crippen molar-refractivity contribution in [3.8, 4) is 11.3 Å². The van der Waals surface area contributed by atoms with E-state index in [4.69, 9.17) is 0 Å². The first-order chi connectivity index (χ1) is 7.81. The summed E-state index contributed by atoms with van der Waals surface area (Å²) in [7, 11) is 0. The molecule has 2 aromatic rings. The van der Waals surface area contributed by atoms with Crippen molar-refractivity contribution in [2.45, 2.75) is 6.92 Å². The standard InChI is InChI=1S/C13H13FN2/c1-2-15-13-9-5-8-12(16-13)10-6-3-4-7-11(10)14/h3-9H,2H2,1H3,(H,15,16). The van der Waals surface area contributed by atoms with Gasteiger partial charge in [0.05, 0.1) is 5.69 Å². The summed E-state index contributed by atoms with van der Waals surface area (Å²) in [5.74, 6) is 0.520. The van der Waals surface area contributed by atoms with Crippen LogP contribution in [0.2, 0.25) is 0 Å². The van der Waals surface area contributed by atoms with E-state index >= 15 is 0 Å². The molecule has 0 fully saturated rings. The van der Waals surface area contributed by atoms with Crippen LogP contribution < -0.4 is 5.32 Å². The number of nitrogens with zero attached hydrogens (tertiary/aromatic N) is 1. The molecule has 1 aromatic heterocycles. The van der Waals surface area contributed by atoms with Crippen molar-refractivity contribution in [1.29, 1.82) is 0 Å². The predicted octanol–water partition coefficient (Wildman–Crippen LogP) is 3.32. The molecule has 82 valence electrons. The first kappa shape index (κ1) is 10.6. The molecule has 16 heavy (non-hydrogen) atoms. The van der Waals surface area contributed by atoms with Crippen LogP contribution in [0.4, 0.5) is 10.2 Å². The Morgan fingerprint density at radius 3 is 2.69 bits per heavy atom. The van der Waals surface area contributed by atoms with Gasteiger partial charge in [-0.05, 0) is 31.2 Å². The SMILES string of the molecule is CCNc1cccc(-c2ccccc2F)n1. The molecule has 3 heteroatoms. The number of rotatable bonds is 3. The molecule has 0 aliphatic rings. The number of aromatic nitrogens is 1. The minimum absolute atomic E-state index is 0.247. The maximum absolute atomic E-state index is 13.5. The largest absolute Gasteiger partial charge is 0.370 e. The molecule has 0 aliphatic carbocycles. The highest BCUT2D eigenvalue weighted by atomic mass is 19.1. The van der Waals surface area contributed by atoms with Crippen molar-refractivity contribution in [3.05, 3.63) is 48.3 Å². The van der Waals surface area contributed by atoms with Crippen molar-refractivity contribution in [3.63, 3.8) is 0 Å². The maximum atomic E-state index is 13.5. The van der Waals surface area contributed by atoms with Crippen LogP contribution in [-0.4, -0.2) is 11.5 Å². The van der Waals surface area contributed by atoms with Gasteiger partial charge in [-0.3, -0.25) is 0 Å². The predicted molar refractivity (Wildman–Crippen MR) is 63.8 cm³/mol. The zero-order valence-electron chi connectivity index (χ0n) is 9.07. The van der Waals surface area contributed by atoms with E-state index in [0.29, 0.717) is 11.3 Å². The van der Waals surface area contributed by atoms with E-state index in [2.05, 4.69) is 10.3 Å². The third kappa shape index (κ3) is 2.19. The Hall–Kier alpha value is -1.90. The number of hydrogen-bond donors (Lipinski definition) is 1. The van der Waals surface area contributed by atoms with Gasteiger partial charge in [0.2, 0.25) is 0 Å². The van der Waals surface area contributed by atoms with E-state index in [-0.39, 0.29) is 5.82 Å². The molecule has 1 N–H and O–H groups in total. The molecule has 0 aliphatic heterocycles. The van der Waals surface area contributed by atoms with Gasteiger partial charge in [0.1, 0.15) is 11.6 Å². The van der Waals surface area contributed by atoms with Crippen LogP contribution in [0.25, 0.3) is 11.3 Å². The molecule has 0 atom stereocenters. The summed E-state index contributed by atoms with van der Waals surface area (Å²) in [6.45, 7) is 2.80. The van der Waals surface area contributed by atoms with Crippen LogP contribution in [0.3, 0.4) is 0 Å². The van der Waals surface area contributed by atoms with Crippen LogP contribution in [-0.2, 0) is 0 Å². The average molecular weight is 216 g/mol. The van der Waals surface area contributed by atoms with Crippen LogP contribution in [0.1, 0.15) is 6.92 Å². The van der Waals surface area contributed by atoms with Gasteiger partial charge >= 0.3 is 0 Å². The Morgan fingerprint density at radius 2 is 1.94 bits per heavy atom. The lowest BCUT2D eigenvalue weighted by Crippen LogP contribution is -1.99. The first-order valence-corrected chi connectivity index (χ1v) is 5.27. The number of benzene rings is 1. The van der Waals surface area contributed by atoms with Crippen molar-refractivity contribution >= 4 is 5.82 Å². The van der Waals surface area contributed by atoms with E-state index < -0.39 is 0 Å². The topological polar surface area (TPSA) is 24.9 Å². The monoisotopic (exact) mass is 216 g/mol. The zero-order chi connectivity index (χ0) is 11.4. The minimum Gasteiger partial charge on any atom is -0.370 e. The highest BCUT2D eigenvalue weighted by Crippen LogP contribution is 2.21. The minimum atomic E-state index is -0.247. The Labute approximate surface area is 94.2 Å². The number of halogens is 1. The summed E-state index contributed by atoms with van der Waals surface area (Å²) in [5, 5.41) is 3.10. The van der Waals surface area contributed by atoms with Gasteiger partial charge in [-0.1, -0.05) is 18.2 Å². The molecule has 2 rings (SSSR count). The molecular weight excluding hydrogens is 203 g/mol. The fourth-order valence-corrected chi connectivity index (χ4v) is 1.53. The molecule has 0 unspecified atom stereocenters. The van der Waals surface area contributed by atoms with E-state index in [9.17, 15) is 4.39 Å². The summed E-state index contributed by atoms with van der Waals surface area (Å²) in [5.41, 5.74) is 1.18. The third-order valence-corrected chi connectivity index (χ3v) is 2.26. The Kier molecular flexibility index (Phi) is 3.15. The van der Waals surface area contributed by atoms with Crippen LogP contribution >= 0.6 is 0 Å². The fourth-order valence-electron chi connectivity index (χ4n) is 1.53. The molecule has 2 nitrogen and oxygen atoms in total. The second-order valence-electron chi connectivity index (χ2n) is 3.42. The number of anilines is 1. The average Bonchev–Trinajstić information content (AvgIpc) is 2.30. The second-order valence-corrected chi connectivity index (χ2v) is 3.42. The number of nitrogens with one attached hydrogen (secondary N) is 1. The first-order valence-electron chi connectivity index (χ1n) is 5.27. The van der Waals surface area contributed by atoms with Gasteiger partial charge in [-0.15, -0.1) is 0 Å². The van der Waals surface area contributed by atoms with E-state index in [1.54, 1.807) is 24.3 Å². The van der Waals surface area contributed by atoms with Gasteiger partial charge in [0.25, 0.3) is 0 Å². The highest BCUT2D eigenvalue weighted by molar-refractivity contribution is 5.61. The van der Waals surface area contributed by atoms with Gasteiger partial charge in [0, 0.05) is 12.1 Å². The Balaban J connectivity index is 2.40. The van der Waals surface area contributed by atoms with E-state index in [1.165, 1.54) is 6.07 Å². The van der Waals surface area contributed by atoms with Gasteiger partial charge in [-0.2, -0.15) is 0 Å².